The highest BCUT2D eigenvalue weighted by Crippen LogP contribution is 2.31. The van der Waals surface area contributed by atoms with E-state index in [0.29, 0.717) is 22.3 Å². The smallest absolute Gasteiger partial charge is 0.264 e. The molecule has 0 radical (unpaired) electrons. The Hall–Kier alpha value is -3.37. The van der Waals surface area contributed by atoms with Crippen molar-refractivity contribution >= 4 is 43.5 Å². The standard InChI is InChI=1S/C31H38BrN3O5S/c1-6-23(3)33-31(37)24(4)34(19-18-25-10-8-7-9-11-25)30(36)21-35(26-14-12-22(2)13-15-26)41(38,39)27-16-17-29(40-5)28(32)20-27/h7-17,20,23-24H,6,18-19,21H2,1-5H3,(H,33,37)/t23-,24-/m0/s1. The van der Waals surface area contributed by atoms with Crippen LogP contribution in [0.2, 0.25) is 0 Å². The molecule has 8 nitrogen and oxygen atoms in total. The van der Waals surface area contributed by atoms with E-state index in [0.717, 1.165) is 21.9 Å². The molecule has 0 aliphatic carbocycles. The van der Waals surface area contributed by atoms with Gasteiger partial charge >= 0.3 is 0 Å². The Morgan fingerprint density at radius 3 is 2.24 bits per heavy atom. The summed E-state index contributed by atoms with van der Waals surface area (Å²) in [5.41, 5.74) is 2.30. The number of amides is 2. The van der Waals surface area contributed by atoms with Crippen molar-refractivity contribution in [2.75, 3.05) is 24.5 Å². The predicted octanol–water partition coefficient (Wildman–Crippen LogP) is 5.34. The summed E-state index contributed by atoms with van der Waals surface area (Å²) in [6.07, 6.45) is 1.25. The average molecular weight is 645 g/mol. The molecule has 0 heterocycles. The predicted molar refractivity (Wildman–Crippen MR) is 166 cm³/mol. The van der Waals surface area contributed by atoms with Gasteiger partial charge in [0.25, 0.3) is 10.0 Å². The van der Waals surface area contributed by atoms with Gasteiger partial charge in [0.1, 0.15) is 18.3 Å². The van der Waals surface area contributed by atoms with Crippen molar-refractivity contribution in [1.82, 2.24) is 10.2 Å². The first-order chi connectivity index (χ1) is 19.5. The van der Waals surface area contributed by atoms with Crippen molar-refractivity contribution < 1.29 is 22.7 Å². The van der Waals surface area contributed by atoms with Gasteiger partial charge in [-0.05, 0) is 85.4 Å². The Balaban J connectivity index is 2.00. The number of aryl methyl sites for hydroxylation is 1. The lowest BCUT2D eigenvalue weighted by atomic mass is 10.1. The molecule has 10 heteroatoms. The normalized spacial score (nSPS) is 12.7. The number of rotatable bonds is 13. The Morgan fingerprint density at radius 1 is 1.00 bits per heavy atom. The summed E-state index contributed by atoms with van der Waals surface area (Å²) in [5, 5.41) is 2.95. The van der Waals surface area contributed by atoms with Crippen LogP contribution in [0.3, 0.4) is 0 Å². The minimum absolute atomic E-state index is 0.00283. The molecule has 0 aliphatic rings. The molecule has 2 amide bonds. The van der Waals surface area contributed by atoms with E-state index in [4.69, 9.17) is 4.74 Å². The lowest BCUT2D eigenvalue weighted by molar-refractivity contribution is -0.139. The number of carbonyl (C=O) groups excluding carboxylic acids is 2. The van der Waals surface area contributed by atoms with E-state index in [1.807, 2.05) is 51.1 Å². The first-order valence-electron chi connectivity index (χ1n) is 13.5. The van der Waals surface area contributed by atoms with Crippen LogP contribution in [-0.4, -0.2) is 57.4 Å². The maximum Gasteiger partial charge on any atom is 0.264 e. The van der Waals surface area contributed by atoms with E-state index in [9.17, 15) is 18.0 Å². The van der Waals surface area contributed by atoms with Crippen LogP contribution in [0.1, 0.15) is 38.3 Å². The van der Waals surface area contributed by atoms with Crippen LogP contribution in [0.5, 0.6) is 5.75 Å². The van der Waals surface area contributed by atoms with Gasteiger partial charge in [-0.3, -0.25) is 13.9 Å². The van der Waals surface area contributed by atoms with E-state index < -0.39 is 28.5 Å². The van der Waals surface area contributed by atoms with Crippen LogP contribution in [-0.2, 0) is 26.0 Å². The van der Waals surface area contributed by atoms with E-state index in [1.165, 1.54) is 24.1 Å². The first kappa shape index (κ1) is 32.1. The molecule has 0 saturated carbocycles. The number of halogens is 1. The number of methoxy groups -OCH3 is 1. The quantitative estimate of drug-likeness (QED) is 0.271. The van der Waals surface area contributed by atoms with Crippen LogP contribution in [0.25, 0.3) is 0 Å². The van der Waals surface area contributed by atoms with Crippen LogP contribution in [0.4, 0.5) is 5.69 Å². The van der Waals surface area contributed by atoms with Gasteiger partial charge in [-0.25, -0.2) is 8.42 Å². The molecule has 3 rings (SSSR count). The van der Waals surface area contributed by atoms with E-state index >= 15 is 0 Å². The van der Waals surface area contributed by atoms with Gasteiger partial charge in [-0.1, -0.05) is 55.0 Å². The number of hydrogen-bond acceptors (Lipinski definition) is 5. The summed E-state index contributed by atoms with van der Waals surface area (Å²) in [7, 11) is -2.69. The van der Waals surface area contributed by atoms with Crippen molar-refractivity contribution in [1.29, 1.82) is 0 Å². The molecule has 0 fully saturated rings. The fourth-order valence-corrected chi connectivity index (χ4v) is 6.34. The number of nitrogens with zero attached hydrogens (tertiary/aromatic N) is 2. The Kier molecular flexibility index (Phi) is 11.4. The topological polar surface area (TPSA) is 96.0 Å². The minimum atomic E-state index is -4.18. The third-order valence-corrected chi connectivity index (χ3v) is 9.35. The van der Waals surface area contributed by atoms with Gasteiger partial charge in [0, 0.05) is 12.6 Å². The van der Waals surface area contributed by atoms with Gasteiger partial charge in [-0.15, -0.1) is 0 Å². The second kappa shape index (κ2) is 14.5. The highest BCUT2D eigenvalue weighted by molar-refractivity contribution is 9.10. The van der Waals surface area contributed by atoms with Gasteiger partial charge < -0.3 is 15.0 Å². The molecule has 1 N–H and O–H groups in total. The third-order valence-electron chi connectivity index (χ3n) is 6.96. The van der Waals surface area contributed by atoms with Gasteiger partial charge in [0.2, 0.25) is 11.8 Å². The number of benzene rings is 3. The van der Waals surface area contributed by atoms with Crippen LogP contribution < -0.4 is 14.4 Å². The largest absolute Gasteiger partial charge is 0.496 e. The zero-order valence-electron chi connectivity index (χ0n) is 24.1. The SMILES string of the molecule is CC[C@H](C)NC(=O)[C@H](C)N(CCc1ccccc1)C(=O)CN(c1ccc(C)cc1)S(=O)(=O)c1ccc(OC)c(Br)c1. The van der Waals surface area contributed by atoms with E-state index in [2.05, 4.69) is 21.2 Å². The van der Waals surface area contributed by atoms with Gasteiger partial charge in [-0.2, -0.15) is 0 Å². The average Bonchev–Trinajstić information content (AvgIpc) is 2.96. The summed E-state index contributed by atoms with van der Waals surface area (Å²) in [6, 6.07) is 20.2. The fourth-order valence-electron chi connectivity index (χ4n) is 4.21. The maximum absolute atomic E-state index is 14.0. The zero-order chi connectivity index (χ0) is 30.2. The molecule has 0 spiro atoms. The molecule has 0 aliphatic heterocycles. The number of hydrogen-bond donors (Lipinski definition) is 1. The van der Waals surface area contributed by atoms with Crippen LogP contribution in [0.15, 0.2) is 82.2 Å². The summed E-state index contributed by atoms with van der Waals surface area (Å²) in [6.45, 7) is 7.21. The summed E-state index contributed by atoms with van der Waals surface area (Å²) in [4.78, 5) is 28.6. The Bertz CT molecular complexity index is 1430. The van der Waals surface area contributed by atoms with Gasteiger partial charge in [0.05, 0.1) is 22.2 Å². The number of nitrogens with one attached hydrogen (secondary N) is 1. The molecule has 0 unspecified atom stereocenters. The molecular weight excluding hydrogens is 606 g/mol. The fraction of sp³-hybridized carbons (Fsp3) is 0.355. The van der Waals surface area contributed by atoms with Gasteiger partial charge in [0.15, 0.2) is 0 Å². The van der Waals surface area contributed by atoms with Crippen molar-refractivity contribution in [3.63, 3.8) is 0 Å². The summed E-state index contributed by atoms with van der Waals surface area (Å²) >= 11 is 3.36. The first-order valence-corrected chi connectivity index (χ1v) is 15.8. The van der Waals surface area contributed by atoms with Crippen molar-refractivity contribution in [2.45, 2.75) is 57.5 Å². The molecule has 0 aromatic heterocycles. The van der Waals surface area contributed by atoms with E-state index in [-0.39, 0.29) is 23.4 Å². The highest BCUT2D eigenvalue weighted by Gasteiger charge is 2.33. The second-order valence-electron chi connectivity index (χ2n) is 9.96. The highest BCUT2D eigenvalue weighted by atomic mass is 79.9. The molecule has 2 atom stereocenters. The lowest BCUT2D eigenvalue weighted by Crippen LogP contribution is -2.53. The number of sulfonamides is 1. The molecule has 220 valence electrons. The molecule has 0 bridgehead atoms. The Labute approximate surface area is 251 Å². The number of anilines is 1. The molecular formula is C31H38BrN3O5S. The van der Waals surface area contributed by atoms with Crippen LogP contribution in [0, 0.1) is 6.92 Å². The second-order valence-corrected chi connectivity index (χ2v) is 12.7. The summed E-state index contributed by atoms with van der Waals surface area (Å²) < 4.78 is 34.8. The lowest BCUT2D eigenvalue weighted by Gasteiger charge is -2.32. The molecule has 0 saturated heterocycles. The molecule has 41 heavy (non-hydrogen) atoms. The van der Waals surface area contributed by atoms with Crippen molar-refractivity contribution in [3.05, 3.63) is 88.4 Å². The Morgan fingerprint density at radius 2 is 1.66 bits per heavy atom. The third kappa shape index (κ3) is 8.33. The molecule has 3 aromatic carbocycles. The monoisotopic (exact) mass is 643 g/mol. The summed E-state index contributed by atoms with van der Waals surface area (Å²) in [5.74, 6) is -0.288. The zero-order valence-corrected chi connectivity index (χ0v) is 26.5. The number of carbonyl (C=O) groups is 2. The maximum atomic E-state index is 14.0. The van der Waals surface area contributed by atoms with Crippen molar-refractivity contribution in [2.24, 2.45) is 0 Å². The van der Waals surface area contributed by atoms with Crippen LogP contribution >= 0.6 is 15.9 Å². The number of ether oxygens (including phenoxy) is 1. The van der Waals surface area contributed by atoms with E-state index in [1.54, 1.807) is 37.3 Å². The minimum Gasteiger partial charge on any atom is -0.496 e. The van der Waals surface area contributed by atoms with Crippen molar-refractivity contribution in [3.8, 4) is 5.75 Å². The molecule has 3 aromatic rings.